The van der Waals surface area contributed by atoms with Gasteiger partial charge in [0.05, 0.1) is 11.4 Å². The second-order valence-corrected chi connectivity index (χ2v) is 9.62. The molecule has 5 aromatic rings. The molecule has 35 heavy (non-hydrogen) atoms. The van der Waals surface area contributed by atoms with Gasteiger partial charge in [0.1, 0.15) is 15.5 Å². The van der Waals surface area contributed by atoms with Crippen molar-refractivity contribution < 1.29 is 14.0 Å². The van der Waals surface area contributed by atoms with Crippen molar-refractivity contribution in [2.24, 2.45) is 0 Å². The largest absolute Gasteiger partial charge is 0.397 e. The summed E-state index contributed by atoms with van der Waals surface area (Å²) in [4.78, 5) is 31.9. The normalized spacial score (nSPS) is 11.2. The molecule has 0 spiro atoms. The van der Waals surface area contributed by atoms with Crippen LogP contribution in [0.5, 0.6) is 0 Å². The number of halogens is 1. The number of carbonyl (C=O) groups excluding carboxylic acids is 2. The summed E-state index contributed by atoms with van der Waals surface area (Å²) in [5.41, 5.74) is 9.11. The van der Waals surface area contributed by atoms with Crippen LogP contribution < -0.4 is 11.1 Å². The lowest BCUT2D eigenvalue weighted by atomic mass is 10.1. The van der Waals surface area contributed by atoms with Crippen molar-refractivity contribution in [1.82, 2.24) is 4.98 Å². The summed E-state index contributed by atoms with van der Waals surface area (Å²) < 4.78 is 13.2. The van der Waals surface area contributed by atoms with Crippen molar-refractivity contribution in [2.45, 2.75) is 0 Å². The Labute approximate surface area is 208 Å². The van der Waals surface area contributed by atoms with E-state index >= 15 is 0 Å². The predicted octanol–water partition coefficient (Wildman–Crippen LogP) is 6.89. The maximum Gasteiger partial charge on any atom is 0.267 e. The van der Waals surface area contributed by atoms with Gasteiger partial charge in [-0.05, 0) is 84.3 Å². The van der Waals surface area contributed by atoms with Gasteiger partial charge in [-0.1, -0.05) is 6.07 Å². The summed E-state index contributed by atoms with van der Waals surface area (Å²) in [5, 5.41) is 5.46. The van der Waals surface area contributed by atoms with E-state index in [0.29, 0.717) is 37.7 Å². The highest BCUT2D eigenvalue weighted by Crippen LogP contribution is 2.34. The number of aromatic nitrogens is 1. The van der Waals surface area contributed by atoms with Gasteiger partial charge in [-0.15, -0.1) is 22.7 Å². The van der Waals surface area contributed by atoms with Crippen LogP contribution >= 0.6 is 22.7 Å². The first-order chi connectivity index (χ1) is 17.0. The highest BCUT2D eigenvalue weighted by atomic mass is 32.1. The Balaban J connectivity index is 1.32. The number of allylic oxidation sites excluding steroid dienone is 1. The molecule has 0 bridgehead atoms. The standard InChI is InChI=1S/C27H18FN3O2S2/c28-18-7-3-16(4-8-18)22-13-12-21-24(29)25(35-27(21)31-22)26(33)30-19-9-5-17(6-10-19)23(32)14-11-20-2-1-15-34-20/h1-15H,29H2,(H,30,33). The number of fused-ring (bicyclic) bond motifs is 1. The molecule has 3 N–H and O–H groups in total. The van der Waals surface area contributed by atoms with Crippen LogP contribution in [0.15, 0.2) is 84.3 Å². The Morgan fingerprint density at radius 3 is 2.46 bits per heavy atom. The van der Waals surface area contributed by atoms with Gasteiger partial charge in [-0.2, -0.15) is 0 Å². The summed E-state index contributed by atoms with van der Waals surface area (Å²) in [6.07, 6.45) is 3.31. The third-order valence-corrected chi connectivity index (χ3v) is 7.26. The maximum atomic E-state index is 13.2. The monoisotopic (exact) mass is 499 g/mol. The molecule has 0 unspecified atom stereocenters. The zero-order valence-corrected chi connectivity index (χ0v) is 19.8. The van der Waals surface area contributed by atoms with Gasteiger partial charge in [0.15, 0.2) is 5.78 Å². The molecule has 3 aromatic heterocycles. The van der Waals surface area contributed by atoms with E-state index in [1.165, 1.54) is 29.5 Å². The smallest absolute Gasteiger partial charge is 0.267 e. The van der Waals surface area contributed by atoms with Gasteiger partial charge in [-0.3, -0.25) is 9.59 Å². The van der Waals surface area contributed by atoms with Crippen LogP contribution in [-0.2, 0) is 0 Å². The molecule has 0 radical (unpaired) electrons. The molecule has 0 aliphatic rings. The number of ketones is 1. The second-order valence-electron chi connectivity index (χ2n) is 7.65. The lowest BCUT2D eigenvalue weighted by molar-refractivity contribution is 0.102. The number of nitrogen functional groups attached to an aromatic ring is 1. The summed E-state index contributed by atoms with van der Waals surface area (Å²) in [7, 11) is 0. The average Bonchev–Trinajstić information content (AvgIpc) is 3.51. The molecule has 172 valence electrons. The Hall–Kier alpha value is -4.14. The zero-order chi connectivity index (χ0) is 24.4. The molecule has 8 heteroatoms. The van der Waals surface area contributed by atoms with E-state index in [1.807, 2.05) is 23.6 Å². The summed E-state index contributed by atoms with van der Waals surface area (Å²) >= 11 is 2.75. The third kappa shape index (κ3) is 4.89. The summed E-state index contributed by atoms with van der Waals surface area (Å²) in [5.74, 6) is -0.792. The van der Waals surface area contributed by atoms with Crippen molar-refractivity contribution in [1.29, 1.82) is 0 Å². The van der Waals surface area contributed by atoms with E-state index in [4.69, 9.17) is 5.73 Å². The number of rotatable bonds is 6. The zero-order valence-electron chi connectivity index (χ0n) is 18.2. The minimum Gasteiger partial charge on any atom is -0.397 e. The topological polar surface area (TPSA) is 85.1 Å². The molecule has 5 rings (SSSR count). The lowest BCUT2D eigenvalue weighted by Gasteiger charge is -2.05. The number of amides is 1. The van der Waals surface area contributed by atoms with Gasteiger partial charge >= 0.3 is 0 Å². The number of pyridine rings is 1. The molecule has 0 atom stereocenters. The molecular weight excluding hydrogens is 481 g/mol. The van der Waals surface area contributed by atoms with Crippen LogP contribution in [0.1, 0.15) is 24.9 Å². The van der Waals surface area contributed by atoms with Crippen LogP contribution in [0, 0.1) is 5.82 Å². The fraction of sp³-hybridized carbons (Fsp3) is 0. The molecule has 3 heterocycles. The molecule has 5 nitrogen and oxygen atoms in total. The van der Waals surface area contributed by atoms with Crippen LogP contribution in [0.25, 0.3) is 27.6 Å². The van der Waals surface area contributed by atoms with Crippen LogP contribution in [0.3, 0.4) is 0 Å². The highest BCUT2D eigenvalue weighted by molar-refractivity contribution is 7.21. The third-order valence-electron chi connectivity index (χ3n) is 5.31. The number of hydrogen-bond acceptors (Lipinski definition) is 6. The molecule has 0 saturated heterocycles. The van der Waals surface area contributed by atoms with Crippen molar-refractivity contribution in [3.8, 4) is 11.3 Å². The van der Waals surface area contributed by atoms with Gasteiger partial charge in [0.2, 0.25) is 0 Å². The van der Waals surface area contributed by atoms with Gasteiger partial charge in [0, 0.05) is 27.1 Å². The minimum absolute atomic E-state index is 0.118. The molecule has 0 fully saturated rings. The van der Waals surface area contributed by atoms with Gasteiger partial charge in [0.25, 0.3) is 5.91 Å². The van der Waals surface area contributed by atoms with Crippen molar-refractivity contribution in [2.75, 3.05) is 11.1 Å². The number of hydrogen-bond donors (Lipinski definition) is 2. The maximum absolute atomic E-state index is 13.2. The Kier molecular flexibility index (Phi) is 6.22. The molecule has 2 aromatic carbocycles. The quantitative estimate of drug-likeness (QED) is 0.197. The molecule has 0 aliphatic carbocycles. The fourth-order valence-electron chi connectivity index (χ4n) is 3.49. The van der Waals surface area contributed by atoms with Crippen LogP contribution in [0.4, 0.5) is 15.8 Å². The molecule has 0 saturated carbocycles. The van der Waals surface area contributed by atoms with Crippen LogP contribution in [0.2, 0.25) is 0 Å². The molecule has 0 aliphatic heterocycles. The first-order valence-electron chi connectivity index (χ1n) is 10.6. The number of carbonyl (C=O) groups is 2. The van der Waals surface area contributed by atoms with E-state index in [-0.39, 0.29) is 17.5 Å². The van der Waals surface area contributed by atoms with E-state index in [2.05, 4.69) is 10.3 Å². The highest BCUT2D eigenvalue weighted by Gasteiger charge is 2.18. The van der Waals surface area contributed by atoms with Crippen molar-refractivity contribution in [3.63, 3.8) is 0 Å². The van der Waals surface area contributed by atoms with E-state index in [0.717, 1.165) is 10.4 Å². The van der Waals surface area contributed by atoms with E-state index < -0.39 is 0 Å². The number of thiophene rings is 2. The SMILES string of the molecule is Nc1c(C(=O)Nc2ccc(C(=O)C=Cc3cccs3)cc2)sc2nc(-c3ccc(F)cc3)ccc12. The molecule has 1 amide bonds. The summed E-state index contributed by atoms with van der Waals surface area (Å²) in [6.45, 7) is 0. The van der Waals surface area contributed by atoms with Gasteiger partial charge < -0.3 is 11.1 Å². The Morgan fingerprint density at radius 1 is 0.971 bits per heavy atom. The Morgan fingerprint density at radius 2 is 1.74 bits per heavy atom. The number of nitrogens with one attached hydrogen (secondary N) is 1. The van der Waals surface area contributed by atoms with Crippen LogP contribution in [-0.4, -0.2) is 16.7 Å². The number of anilines is 2. The minimum atomic E-state index is -0.356. The molecular formula is C27H18FN3O2S2. The van der Waals surface area contributed by atoms with E-state index in [1.54, 1.807) is 59.9 Å². The number of benzene rings is 2. The Bertz CT molecular complexity index is 1560. The first-order valence-corrected chi connectivity index (χ1v) is 12.3. The fourth-order valence-corrected chi connectivity index (χ4v) is 5.10. The number of nitrogens with zero attached hydrogens (tertiary/aromatic N) is 1. The lowest BCUT2D eigenvalue weighted by Crippen LogP contribution is -2.12. The first kappa shape index (κ1) is 22.6. The average molecular weight is 500 g/mol. The summed E-state index contributed by atoms with van der Waals surface area (Å²) in [6, 6.07) is 20.2. The van der Waals surface area contributed by atoms with Crippen molar-refractivity contribution in [3.05, 3.63) is 105 Å². The predicted molar refractivity (Wildman–Crippen MR) is 142 cm³/mol. The van der Waals surface area contributed by atoms with Gasteiger partial charge in [-0.25, -0.2) is 9.37 Å². The second kappa shape index (κ2) is 9.61. The van der Waals surface area contributed by atoms with Crippen molar-refractivity contribution >= 4 is 62.0 Å². The van der Waals surface area contributed by atoms with E-state index in [9.17, 15) is 14.0 Å². The number of nitrogens with two attached hydrogens (primary N) is 1.